The van der Waals surface area contributed by atoms with Gasteiger partial charge in [0.05, 0.1) is 33.9 Å². The lowest BCUT2D eigenvalue weighted by Crippen LogP contribution is -2.60. The molecular weight excluding hydrogens is 1360 g/mol. The topological polar surface area (TPSA) is 387 Å². The molecule has 3 aromatic carbocycles. The number of nitrogens with zero attached hydrogens (tertiary/aromatic N) is 9. The van der Waals surface area contributed by atoms with Gasteiger partial charge < -0.3 is 36.8 Å². The summed E-state index contributed by atoms with van der Waals surface area (Å²) in [5.74, 6) is -5.87. The largest absolute Gasteiger partial charge is 0.476 e. The van der Waals surface area contributed by atoms with Gasteiger partial charge in [-0.15, -0.1) is 0 Å². The molecule has 103 heavy (non-hydrogen) atoms. The highest BCUT2D eigenvalue weighted by atomic mass is 32.2. The van der Waals surface area contributed by atoms with E-state index >= 15 is 0 Å². The maximum absolute atomic E-state index is 14.9. The monoisotopic (exact) mass is 1450 g/mol. The van der Waals surface area contributed by atoms with Crippen molar-refractivity contribution in [3.63, 3.8) is 0 Å². The van der Waals surface area contributed by atoms with Gasteiger partial charge in [0.15, 0.2) is 10.8 Å². The molecule has 3 aromatic heterocycles. The van der Waals surface area contributed by atoms with Crippen molar-refractivity contribution in [2.24, 2.45) is 44.8 Å². The lowest BCUT2D eigenvalue weighted by atomic mass is 9.35. The molecule has 4 bridgehead atoms. The molecule has 2 unspecified atom stereocenters. The van der Waals surface area contributed by atoms with Gasteiger partial charge in [-0.05, 0) is 184 Å². The molecule has 0 radical (unpaired) electrons. The van der Waals surface area contributed by atoms with Crippen LogP contribution in [0.2, 0.25) is 0 Å². The van der Waals surface area contributed by atoms with E-state index in [0.717, 1.165) is 70.5 Å². The summed E-state index contributed by atoms with van der Waals surface area (Å²) in [6.45, 7) is 11.1. The Morgan fingerprint density at radius 1 is 0.816 bits per heavy atom. The van der Waals surface area contributed by atoms with Crippen LogP contribution >= 0.6 is 11.3 Å². The minimum absolute atomic E-state index is 0.0227. The maximum Gasteiger partial charge on any atom is 0.410 e. The van der Waals surface area contributed by atoms with Gasteiger partial charge in [-0.2, -0.15) is 13.5 Å². The molecule has 9 N–H and O–H groups in total. The number of nitrogens with two attached hydrogens (primary N) is 3. The summed E-state index contributed by atoms with van der Waals surface area (Å²) in [4.78, 5) is 137. The second-order valence-electron chi connectivity index (χ2n) is 29.8. The van der Waals surface area contributed by atoms with E-state index in [0.29, 0.717) is 94.7 Å². The van der Waals surface area contributed by atoms with Crippen molar-refractivity contribution < 1.29 is 66.0 Å². The number of nitrogens with one attached hydrogen (secondary N) is 1. The number of primary amides is 1. The van der Waals surface area contributed by atoms with Crippen LogP contribution in [-0.2, 0) is 64.9 Å². The summed E-state index contributed by atoms with van der Waals surface area (Å²) < 4.78 is 43.1. The number of para-hydroxylation sites is 1. The molecule has 6 aliphatic rings. The smallest absolute Gasteiger partial charge is 0.410 e. The predicted molar refractivity (Wildman–Crippen MR) is 387 cm³/mol. The zero-order chi connectivity index (χ0) is 73.9. The Morgan fingerprint density at radius 2 is 1.52 bits per heavy atom. The number of carbonyl (C=O) groups is 9. The summed E-state index contributed by atoms with van der Waals surface area (Å²) in [6.07, 6.45) is 11.4. The van der Waals surface area contributed by atoms with Gasteiger partial charge >= 0.3 is 18.1 Å². The molecule has 12 rings (SSSR count). The fourth-order valence-corrected chi connectivity index (χ4v) is 18.8. The molecule has 548 valence electrons. The number of aromatic carboxylic acids is 1. The first-order chi connectivity index (χ1) is 48.9. The molecule has 4 saturated carbocycles. The number of hydrogen-bond acceptors (Lipinski definition) is 19. The molecule has 9 amide bonds. The number of unbranched alkanes of at least 4 members (excludes halogenated alkanes) is 2. The zero-order valence-electron chi connectivity index (χ0n) is 58.8. The molecule has 0 spiro atoms. The number of hydrogen-bond donors (Lipinski definition) is 6. The zero-order valence-corrected chi connectivity index (χ0v) is 60.4. The average Bonchev–Trinajstić information content (AvgIpc) is 1.05. The van der Waals surface area contributed by atoms with E-state index in [1.807, 2.05) is 59.0 Å². The number of pyridine rings is 1. The molecule has 29 heteroatoms. The second kappa shape index (κ2) is 30.6. The molecular formula is C74H91N13O14S2. The van der Waals surface area contributed by atoms with Gasteiger partial charge in [-0.1, -0.05) is 81.9 Å². The summed E-state index contributed by atoms with van der Waals surface area (Å²) in [7, 11) is -4.52. The van der Waals surface area contributed by atoms with Crippen molar-refractivity contribution in [3.05, 3.63) is 131 Å². The van der Waals surface area contributed by atoms with Crippen LogP contribution in [0.4, 0.5) is 26.2 Å². The van der Waals surface area contributed by atoms with E-state index in [-0.39, 0.29) is 97.4 Å². The van der Waals surface area contributed by atoms with Gasteiger partial charge in [0.1, 0.15) is 18.5 Å². The molecule has 4 atom stereocenters. The van der Waals surface area contributed by atoms with Gasteiger partial charge in [0.2, 0.25) is 11.8 Å². The number of anilines is 3. The van der Waals surface area contributed by atoms with Crippen LogP contribution in [0.25, 0.3) is 21.3 Å². The molecule has 0 saturated heterocycles. The Morgan fingerprint density at radius 3 is 2.19 bits per heavy atom. The number of fused-ring (bicyclic) bond motifs is 2. The third-order valence-electron chi connectivity index (χ3n) is 21.1. The van der Waals surface area contributed by atoms with Gasteiger partial charge in [-0.3, -0.25) is 53.1 Å². The van der Waals surface area contributed by atoms with E-state index in [4.69, 9.17) is 32.0 Å². The number of carbonyl (C=O) groups excluding carboxylic acids is 8. The lowest BCUT2D eigenvalue weighted by molar-refractivity contribution is -0.198. The number of thiazole rings is 1. The lowest BCUT2D eigenvalue weighted by Gasteiger charge is -2.70. The van der Waals surface area contributed by atoms with E-state index in [1.54, 1.807) is 32.2 Å². The Kier molecular flexibility index (Phi) is 22.2. The number of aromatic nitrogens is 4. The van der Waals surface area contributed by atoms with E-state index < -0.39 is 81.5 Å². The van der Waals surface area contributed by atoms with Crippen molar-refractivity contribution in [2.75, 3.05) is 53.6 Å². The van der Waals surface area contributed by atoms with Crippen LogP contribution < -0.4 is 32.3 Å². The number of imide groups is 3. The van der Waals surface area contributed by atoms with Crippen LogP contribution in [-0.4, -0.2) is 157 Å². The van der Waals surface area contributed by atoms with E-state index in [1.165, 1.54) is 52.7 Å². The number of amides is 9. The fourth-order valence-electron chi connectivity index (χ4n) is 17.5. The minimum Gasteiger partial charge on any atom is -0.476 e. The third-order valence-corrected chi connectivity index (χ3v) is 22.7. The van der Waals surface area contributed by atoms with Crippen LogP contribution in [0.1, 0.15) is 161 Å². The fraction of sp³-hybridized carbons (Fsp3) is 0.486. The van der Waals surface area contributed by atoms with Gasteiger partial charge in [0, 0.05) is 80.2 Å². The summed E-state index contributed by atoms with van der Waals surface area (Å²) in [5, 5.41) is 19.2. The Balaban J connectivity index is 0.751. The third kappa shape index (κ3) is 16.9. The average molecular weight is 1450 g/mol. The Bertz CT molecular complexity index is 4370. The molecule has 27 nitrogen and oxygen atoms in total. The first-order valence-electron chi connectivity index (χ1n) is 35.1. The van der Waals surface area contributed by atoms with E-state index in [2.05, 4.69) is 24.1 Å². The van der Waals surface area contributed by atoms with Crippen molar-refractivity contribution >= 4 is 102 Å². The second-order valence-corrected chi connectivity index (χ2v) is 32.4. The highest BCUT2D eigenvalue weighted by molar-refractivity contribution is 7.85. The van der Waals surface area contributed by atoms with Crippen LogP contribution in [0.3, 0.4) is 0 Å². The number of ether oxygens (including phenoxy) is 1. The number of carboxylic acids is 1. The van der Waals surface area contributed by atoms with Crippen LogP contribution in [0, 0.1) is 34.5 Å². The Hall–Kier alpha value is -9.29. The van der Waals surface area contributed by atoms with Gasteiger partial charge in [-0.25, -0.2) is 29.3 Å². The van der Waals surface area contributed by atoms with E-state index in [9.17, 15) is 61.2 Å². The normalized spacial score (nSPS) is 21.0. The first-order valence-corrected chi connectivity index (χ1v) is 37.6. The van der Waals surface area contributed by atoms with Crippen LogP contribution in [0.15, 0.2) is 97.2 Å². The quantitative estimate of drug-likeness (QED) is 0.0139. The molecule has 6 aromatic rings. The highest BCUT2D eigenvalue weighted by Gasteiger charge is 2.65. The minimum atomic E-state index is -4.52. The highest BCUT2D eigenvalue weighted by Crippen LogP contribution is 2.75. The SMILES string of the molecule is Cc1c(-c2ccc(N3CCc4cccc(C(=O)Nc5nc6ccccc6s5)c4C3)nc2C(=O)O)cnn1CC12CC3(C)CC(C)(CC(CCCN(CCS(=O)(=O)O)C(=O)OCc4ccc(N(C(=O)[C@@H](N)C(C)C)C(=O)N(C(=O)CCCCCN5C(=O)C=CC5=O)[C@@H](CCCN)C(N)=O)cc4)(C3)C1)C2. The number of carboxylic acid groups (broad SMARTS) is 1. The standard InChI is InChI=1S/C74H91N13O14S2/c1-46(2)62(76)66(93)86(69(96)87(56(64(77)91)17-12-30-75)61(90)19-7-6-10-32-84-59(88)26-27-60(84)89)50-22-20-48(21-23-50)38-101-70(97)82(34-35-103(98,99)100)31-13-29-73-40-71(4)39-72(5,41-73)43-74(42-71,44-73)45-85-47(3)53(36-78-85)51-24-25-58(80-63(51)67(94)95)83-33-28-49-14-11-15-52(54(49)37-83)65(92)81-68-79-55-16-8-9-18-57(55)102-68/h8-9,11,14-16,18,20-27,36,46,56,62H,6-7,10,12-13,17,19,28-35,37-45,75-76H2,1-5H3,(H2,77,91)(H,94,95)(H,79,81,92)(H,98,99,100)/t56-,62-,71?,72?,73?,74?/m0/s1. The maximum atomic E-state index is 14.9. The molecule has 5 heterocycles. The number of urea groups is 1. The van der Waals surface area contributed by atoms with Crippen molar-refractivity contribution in [1.82, 2.24) is 34.4 Å². The summed E-state index contributed by atoms with van der Waals surface area (Å²) in [6, 6.07) is 18.8. The predicted octanol–water partition coefficient (Wildman–Crippen LogP) is 9.39. The number of rotatable bonds is 30. The first kappa shape index (κ1) is 74.9. The van der Waals surface area contributed by atoms with Crippen LogP contribution in [0.5, 0.6) is 0 Å². The molecule has 2 aliphatic heterocycles. The van der Waals surface area contributed by atoms with Crippen molar-refractivity contribution in [2.45, 2.75) is 163 Å². The summed E-state index contributed by atoms with van der Waals surface area (Å²) in [5.41, 5.74) is 22.9. The Labute approximate surface area is 602 Å². The molecule has 4 fully saturated rings. The van der Waals surface area contributed by atoms with Crippen molar-refractivity contribution in [3.8, 4) is 11.1 Å². The molecule has 4 aliphatic carbocycles. The van der Waals surface area contributed by atoms with Gasteiger partial charge in [0.25, 0.3) is 33.7 Å². The summed E-state index contributed by atoms with van der Waals surface area (Å²) >= 11 is 1.40. The number of benzene rings is 3. The van der Waals surface area contributed by atoms with Crippen molar-refractivity contribution in [1.29, 1.82) is 0 Å².